The molecule has 0 bridgehead atoms. The smallest absolute Gasteiger partial charge is 0.274 e. The number of hydrogen-bond acceptors (Lipinski definition) is 3. The number of carbonyl (C=O) groups excluding carboxylic acids is 3. The quantitative estimate of drug-likeness (QED) is 0.645. The van der Waals surface area contributed by atoms with Crippen molar-refractivity contribution in [3.8, 4) is 0 Å². The molecule has 0 aromatic heterocycles. The Morgan fingerprint density at radius 1 is 0.893 bits per heavy atom. The van der Waals surface area contributed by atoms with Gasteiger partial charge in [-0.05, 0) is 28.7 Å². The molecule has 2 aromatic rings. The summed E-state index contributed by atoms with van der Waals surface area (Å²) in [6.45, 7) is 6.39. The number of amides is 4. The maximum Gasteiger partial charge on any atom is 0.338 e. The minimum Gasteiger partial charge on any atom is -0.274 e. The van der Waals surface area contributed by atoms with Crippen LogP contribution in [-0.2, 0) is 21.5 Å². The normalized spacial score (nSPS) is 15.4. The molecule has 1 saturated heterocycles. The summed E-state index contributed by atoms with van der Waals surface area (Å²) in [7, 11) is 0. The van der Waals surface area contributed by atoms with Crippen LogP contribution in [0.5, 0.6) is 0 Å². The maximum atomic E-state index is 13.0. The molecular formula is C21H20Cl2N2O3. The number of benzene rings is 2. The van der Waals surface area contributed by atoms with Gasteiger partial charge in [-0.3, -0.25) is 14.5 Å². The number of anilines is 1. The van der Waals surface area contributed by atoms with Crippen molar-refractivity contribution in [2.45, 2.75) is 39.2 Å². The average Bonchev–Trinajstić information content (AvgIpc) is 2.60. The largest absolute Gasteiger partial charge is 0.338 e. The third kappa shape index (κ3) is 3.91. The summed E-state index contributed by atoms with van der Waals surface area (Å²) < 4.78 is 0. The second-order valence-corrected chi connectivity index (χ2v) is 8.50. The van der Waals surface area contributed by atoms with Crippen LogP contribution in [0.3, 0.4) is 0 Å². The highest BCUT2D eigenvalue weighted by molar-refractivity contribution is 6.42. The summed E-state index contributed by atoms with van der Waals surface area (Å²) in [6.07, 6.45) is -0.423. The standard InChI is InChI=1S/C21H20Cl2N2O3/c1-21(2,3)14-9-7-13(8-10-14)12-24-17(26)11-18(27)25(20(24)28)19-15(22)5-4-6-16(19)23/h4-10H,11-12H2,1-3H3. The molecule has 146 valence electrons. The van der Waals surface area contributed by atoms with Gasteiger partial charge in [0, 0.05) is 0 Å². The third-order valence-electron chi connectivity index (χ3n) is 4.60. The van der Waals surface area contributed by atoms with Crippen LogP contribution in [0.15, 0.2) is 42.5 Å². The van der Waals surface area contributed by atoms with Gasteiger partial charge < -0.3 is 0 Å². The molecule has 28 heavy (non-hydrogen) atoms. The number of para-hydroxylation sites is 1. The molecule has 5 nitrogen and oxygen atoms in total. The Hall–Kier alpha value is -2.37. The van der Waals surface area contributed by atoms with E-state index in [1.54, 1.807) is 6.07 Å². The lowest BCUT2D eigenvalue weighted by Gasteiger charge is -2.33. The predicted molar refractivity (Wildman–Crippen MR) is 110 cm³/mol. The highest BCUT2D eigenvalue weighted by Crippen LogP contribution is 2.36. The van der Waals surface area contributed by atoms with E-state index >= 15 is 0 Å². The zero-order valence-electron chi connectivity index (χ0n) is 15.8. The van der Waals surface area contributed by atoms with Crippen molar-refractivity contribution in [2.24, 2.45) is 0 Å². The highest BCUT2D eigenvalue weighted by atomic mass is 35.5. The first kappa shape index (κ1) is 20.4. The lowest BCUT2D eigenvalue weighted by molar-refractivity contribution is -0.135. The van der Waals surface area contributed by atoms with Gasteiger partial charge in [0.1, 0.15) is 6.42 Å². The second kappa shape index (κ2) is 7.57. The van der Waals surface area contributed by atoms with Crippen LogP contribution in [0.25, 0.3) is 0 Å². The average molecular weight is 419 g/mol. The van der Waals surface area contributed by atoms with Crippen molar-refractivity contribution in [1.82, 2.24) is 4.90 Å². The Morgan fingerprint density at radius 2 is 1.46 bits per heavy atom. The van der Waals surface area contributed by atoms with Gasteiger partial charge in [0.15, 0.2) is 0 Å². The van der Waals surface area contributed by atoms with E-state index in [0.717, 1.165) is 20.9 Å². The van der Waals surface area contributed by atoms with E-state index in [1.807, 2.05) is 24.3 Å². The molecule has 0 saturated carbocycles. The number of urea groups is 1. The van der Waals surface area contributed by atoms with Gasteiger partial charge in [-0.15, -0.1) is 0 Å². The van der Waals surface area contributed by atoms with Crippen LogP contribution in [-0.4, -0.2) is 22.7 Å². The molecule has 3 rings (SSSR count). The SMILES string of the molecule is CC(C)(C)c1ccc(CN2C(=O)CC(=O)N(c3c(Cl)cccc3Cl)C2=O)cc1. The molecule has 2 aromatic carbocycles. The lowest BCUT2D eigenvalue weighted by Crippen LogP contribution is -2.55. The molecule has 4 amide bonds. The first-order chi connectivity index (χ1) is 13.1. The van der Waals surface area contributed by atoms with Gasteiger partial charge >= 0.3 is 6.03 Å². The van der Waals surface area contributed by atoms with Crippen LogP contribution in [0.4, 0.5) is 10.5 Å². The van der Waals surface area contributed by atoms with Gasteiger partial charge in [-0.1, -0.05) is 74.3 Å². The monoisotopic (exact) mass is 418 g/mol. The second-order valence-electron chi connectivity index (χ2n) is 7.69. The molecule has 0 radical (unpaired) electrons. The summed E-state index contributed by atoms with van der Waals surface area (Å²) in [5.41, 5.74) is 2.03. The van der Waals surface area contributed by atoms with Gasteiger partial charge in [0.05, 0.1) is 22.3 Å². The van der Waals surface area contributed by atoms with Crippen LogP contribution in [0.2, 0.25) is 10.0 Å². The number of rotatable bonds is 3. The van der Waals surface area contributed by atoms with E-state index in [9.17, 15) is 14.4 Å². The van der Waals surface area contributed by atoms with E-state index in [-0.39, 0.29) is 27.7 Å². The highest BCUT2D eigenvalue weighted by Gasteiger charge is 2.40. The molecule has 0 spiro atoms. The van der Waals surface area contributed by atoms with Gasteiger partial charge in [0.25, 0.3) is 0 Å². The number of nitrogens with zero attached hydrogens (tertiary/aromatic N) is 2. The minimum absolute atomic E-state index is 0.000676. The summed E-state index contributed by atoms with van der Waals surface area (Å²) in [5.74, 6) is -1.20. The zero-order valence-corrected chi connectivity index (χ0v) is 17.3. The van der Waals surface area contributed by atoms with E-state index in [0.29, 0.717) is 0 Å². The maximum absolute atomic E-state index is 13.0. The predicted octanol–water partition coefficient (Wildman–Crippen LogP) is 5.18. The molecule has 7 heteroatoms. The molecule has 0 unspecified atom stereocenters. The number of barbiturate groups is 1. The van der Waals surface area contributed by atoms with E-state index in [4.69, 9.17) is 23.2 Å². The fourth-order valence-electron chi connectivity index (χ4n) is 3.01. The molecule has 0 aliphatic carbocycles. The van der Waals surface area contributed by atoms with Gasteiger partial charge in [0.2, 0.25) is 11.8 Å². The molecule has 1 aliphatic heterocycles. The lowest BCUT2D eigenvalue weighted by atomic mass is 9.87. The fourth-order valence-corrected chi connectivity index (χ4v) is 3.58. The van der Waals surface area contributed by atoms with Crippen molar-refractivity contribution >= 4 is 46.7 Å². The molecule has 0 N–H and O–H groups in total. The van der Waals surface area contributed by atoms with Crippen molar-refractivity contribution in [2.75, 3.05) is 4.90 Å². The van der Waals surface area contributed by atoms with Crippen LogP contribution < -0.4 is 4.90 Å². The van der Waals surface area contributed by atoms with Crippen LogP contribution in [0, 0.1) is 0 Å². The van der Waals surface area contributed by atoms with E-state index < -0.39 is 24.3 Å². The van der Waals surface area contributed by atoms with E-state index in [1.165, 1.54) is 12.1 Å². The van der Waals surface area contributed by atoms with Crippen molar-refractivity contribution in [3.63, 3.8) is 0 Å². The molecule has 1 fully saturated rings. The first-order valence-electron chi connectivity index (χ1n) is 8.80. The summed E-state index contributed by atoms with van der Waals surface area (Å²) in [6, 6.07) is 11.6. The number of carbonyl (C=O) groups is 3. The minimum atomic E-state index is -0.754. The van der Waals surface area contributed by atoms with Gasteiger partial charge in [-0.25, -0.2) is 9.69 Å². The van der Waals surface area contributed by atoms with Crippen molar-refractivity contribution in [3.05, 3.63) is 63.6 Å². The number of hydrogen-bond donors (Lipinski definition) is 0. The fraction of sp³-hybridized carbons (Fsp3) is 0.286. The Morgan fingerprint density at radius 3 is 2.00 bits per heavy atom. The van der Waals surface area contributed by atoms with Crippen LogP contribution >= 0.6 is 23.2 Å². The molecule has 0 atom stereocenters. The van der Waals surface area contributed by atoms with Crippen molar-refractivity contribution in [1.29, 1.82) is 0 Å². The summed E-state index contributed by atoms with van der Waals surface area (Å²) in [5, 5.41) is 0.330. The zero-order chi connectivity index (χ0) is 20.6. The number of imide groups is 2. The van der Waals surface area contributed by atoms with Crippen molar-refractivity contribution < 1.29 is 14.4 Å². The Labute approximate surface area is 173 Å². The first-order valence-corrected chi connectivity index (χ1v) is 9.56. The topological polar surface area (TPSA) is 57.7 Å². The number of halogens is 2. The van der Waals surface area contributed by atoms with Crippen LogP contribution in [0.1, 0.15) is 38.3 Å². The molecular weight excluding hydrogens is 399 g/mol. The Balaban J connectivity index is 1.90. The summed E-state index contributed by atoms with van der Waals surface area (Å²) >= 11 is 12.3. The summed E-state index contributed by atoms with van der Waals surface area (Å²) in [4.78, 5) is 39.7. The Kier molecular flexibility index (Phi) is 5.50. The molecule has 1 aliphatic rings. The van der Waals surface area contributed by atoms with Gasteiger partial charge in [-0.2, -0.15) is 0 Å². The molecule has 1 heterocycles. The third-order valence-corrected chi connectivity index (χ3v) is 5.21. The van der Waals surface area contributed by atoms with E-state index in [2.05, 4.69) is 20.8 Å². The Bertz CT molecular complexity index is 929.